The van der Waals surface area contributed by atoms with Crippen LogP contribution in [0.3, 0.4) is 0 Å². The molecule has 22 heavy (non-hydrogen) atoms. The van der Waals surface area contributed by atoms with Gasteiger partial charge in [-0.3, -0.25) is 5.43 Å². The number of rotatable bonds is 5. The van der Waals surface area contributed by atoms with E-state index in [4.69, 9.17) is 28.6 Å². The van der Waals surface area contributed by atoms with Crippen molar-refractivity contribution in [3.63, 3.8) is 0 Å². The minimum Gasteiger partial charge on any atom is -0.489 e. The molecule has 0 unspecified atom stereocenters. The summed E-state index contributed by atoms with van der Waals surface area (Å²) in [6.07, 6.45) is 1.68. The summed E-state index contributed by atoms with van der Waals surface area (Å²) in [5.74, 6) is 0.774. The first-order valence-electron chi connectivity index (χ1n) is 6.66. The third-order valence-electron chi connectivity index (χ3n) is 2.84. The summed E-state index contributed by atoms with van der Waals surface area (Å²) in [7, 11) is 1.73. The Morgan fingerprint density at radius 1 is 1.23 bits per heavy atom. The number of nitrogens with one attached hydrogen (secondary N) is 2. The molecule has 0 bridgehead atoms. The van der Waals surface area contributed by atoms with Crippen molar-refractivity contribution in [2.75, 3.05) is 7.05 Å². The molecule has 0 aliphatic carbocycles. The van der Waals surface area contributed by atoms with E-state index in [1.807, 2.05) is 48.5 Å². The molecule has 2 aromatic carbocycles. The summed E-state index contributed by atoms with van der Waals surface area (Å²) in [5.41, 5.74) is 4.59. The normalized spacial score (nSPS) is 10.5. The first-order valence-corrected chi connectivity index (χ1v) is 7.44. The van der Waals surface area contributed by atoms with Crippen molar-refractivity contribution in [1.29, 1.82) is 0 Å². The molecule has 0 heterocycles. The molecule has 0 spiro atoms. The monoisotopic (exact) mass is 333 g/mol. The molecule has 0 fully saturated rings. The van der Waals surface area contributed by atoms with Crippen LogP contribution >= 0.6 is 23.8 Å². The van der Waals surface area contributed by atoms with E-state index < -0.39 is 0 Å². The lowest BCUT2D eigenvalue weighted by Gasteiger charge is -2.07. The zero-order chi connectivity index (χ0) is 15.8. The Labute approximate surface area is 140 Å². The van der Waals surface area contributed by atoms with Crippen molar-refractivity contribution in [3.8, 4) is 5.75 Å². The van der Waals surface area contributed by atoms with Crippen LogP contribution in [0.5, 0.6) is 5.75 Å². The van der Waals surface area contributed by atoms with Crippen LogP contribution in [-0.2, 0) is 6.61 Å². The van der Waals surface area contributed by atoms with Crippen LogP contribution < -0.4 is 15.5 Å². The fraction of sp³-hybridized carbons (Fsp3) is 0.125. The lowest BCUT2D eigenvalue weighted by atomic mass is 10.2. The number of hydrazone groups is 1. The second-order valence-electron chi connectivity index (χ2n) is 4.40. The third kappa shape index (κ3) is 5.02. The van der Waals surface area contributed by atoms with Gasteiger partial charge in [-0.1, -0.05) is 29.8 Å². The molecule has 6 heteroatoms. The number of halogens is 1. The van der Waals surface area contributed by atoms with E-state index in [2.05, 4.69) is 15.8 Å². The number of hydrogen-bond donors (Lipinski definition) is 2. The highest BCUT2D eigenvalue weighted by Crippen LogP contribution is 2.18. The number of thiocarbonyl (C=S) groups is 1. The van der Waals surface area contributed by atoms with Crippen molar-refractivity contribution in [3.05, 3.63) is 64.7 Å². The second kappa shape index (κ2) is 8.36. The summed E-state index contributed by atoms with van der Waals surface area (Å²) < 4.78 is 5.71. The summed E-state index contributed by atoms with van der Waals surface area (Å²) in [5, 5.41) is 7.96. The molecule has 0 aliphatic rings. The van der Waals surface area contributed by atoms with Gasteiger partial charge in [0.25, 0.3) is 0 Å². The van der Waals surface area contributed by atoms with Gasteiger partial charge in [-0.25, -0.2) is 0 Å². The summed E-state index contributed by atoms with van der Waals surface area (Å²) in [6, 6.07) is 15.2. The molecule has 0 saturated carbocycles. The van der Waals surface area contributed by atoms with Crippen LogP contribution in [0.2, 0.25) is 5.02 Å². The summed E-state index contributed by atoms with van der Waals surface area (Å²) in [6.45, 7) is 0.436. The maximum Gasteiger partial charge on any atom is 0.186 e. The average Bonchev–Trinajstić information content (AvgIpc) is 2.55. The molecule has 4 nitrogen and oxygen atoms in total. The Balaban J connectivity index is 1.89. The number of ether oxygens (including phenoxy) is 1. The van der Waals surface area contributed by atoms with Crippen molar-refractivity contribution in [1.82, 2.24) is 10.7 Å². The largest absolute Gasteiger partial charge is 0.489 e. The van der Waals surface area contributed by atoms with E-state index in [0.29, 0.717) is 16.7 Å². The van der Waals surface area contributed by atoms with Crippen LogP contribution in [0.4, 0.5) is 0 Å². The molecule has 0 atom stereocenters. The SMILES string of the molecule is CNC(=S)NN=Cc1ccc(OCc2ccccc2Cl)cc1. The van der Waals surface area contributed by atoms with Gasteiger partial charge in [-0.15, -0.1) is 0 Å². The lowest BCUT2D eigenvalue weighted by Crippen LogP contribution is -2.28. The van der Waals surface area contributed by atoms with Crippen LogP contribution in [-0.4, -0.2) is 18.4 Å². The number of benzene rings is 2. The van der Waals surface area contributed by atoms with Crippen LogP contribution in [0.15, 0.2) is 53.6 Å². The Morgan fingerprint density at radius 3 is 2.64 bits per heavy atom. The maximum absolute atomic E-state index is 6.09. The summed E-state index contributed by atoms with van der Waals surface area (Å²) in [4.78, 5) is 0. The lowest BCUT2D eigenvalue weighted by molar-refractivity contribution is 0.306. The maximum atomic E-state index is 6.09. The van der Waals surface area contributed by atoms with Gasteiger partial charge in [-0.2, -0.15) is 5.10 Å². The minimum absolute atomic E-state index is 0.436. The quantitative estimate of drug-likeness (QED) is 0.500. The van der Waals surface area contributed by atoms with E-state index in [-0.39, 0.29) is 0 Å². The zero-order valence-corrected chi connectivity index (χ0v) is 13.6. The van der Waals surface area contributed by atoms with Gasteiger partial charge in [0.05, 0.1) is 6.21 Å². The van der Waals surface area contributed by atoms with Crippen molar-refractivity contribution in [2.24, 2.45) is 5.10 Å². The molecule has 0 amide bonds. The van der Waals surface area contributed by atoms with Crippen molar-refractivity contribution in [2.45, 2.75) is 6.61 Å². The molecule has 0 aliphatic heterocycles. The van der Waals surface area contributed by atoms with Gasteiger partial charge in [0.2, 0.25) is 0 Å². The molecule has 2 aromatic rings. The first kappa shape index (κ1) is 16.3. The van der Waals surface area contributed by atoms with Crippen LogP contribution in [0.25, 0.3) is 0 Å². The van der Waals surface area contributed by atoms with Crippen molar-refractivity contribution < 1.29 is 4.74 Å². The van der Waals surface area contributed by atoms with Gasteiger partial charge in [0.1, 0.15) is 12.4 Å². The Bertz CT molecular complexity index is 659. The van der Waals surface area contributed by atoms with E-state index in [1.54, 1.807) is 13.3 Å². The molecule has 2 rings (SSSR count). The number of nitrogens with zero attached hydrogens (tertiary/aromatic N) is 1. The second-order valence-corrected chi connectivity index (χ2v) is 5.21. The minimum atomic E-state index is 0.436. The molecular formula is C16H16ClN3OS. The smallest absolute Gasteiger partial charge is 0.186 e. The van der Waals surface area contributed by atoms with Crippen molar-refractivity contribution >= 4 is 35.1 Å². The van der Waals surface area contributed by atoms with Gasteiger partial charge in [-0.05, 0) is 48.1 Å². The van der Waals surface area contributed by atoms with Gasteiger partial charge >= 0.3 is 0 Å². The predicted molar refractivity (Wildman–Crippen MR) is 94.6 cm³/mol. The standard InChI is InChI=1S/C16H16ClN3OS/c1-18-16(22)20-19-10-12-6-8-14(9-7-12)21-11-13-4-2-3-5-15(13)17/h2-10H,11H2,1H3,(H2,18,20,22). The fourth-order valence-corrected chi connectivity index (χ4v) is 1.89. The molecule has 0 radical (unpaired) electrons. The Kier molecular flexibility index (Phi) is 6.18. The highest BCUT2D eigenvalue weighted by atomic mass is 35.5. The fourth-order valence-electron chi connectivity index (χ4n) is 1.65. The number of hydrogen-bond acceptors (Lipinski definition) is 3. The summed E-state index contributed by atoms with van der Waals surface area (Å²) >= 11 is 11.0. The highest BCUT2D eigenvalue weighted by molar-refractivity contribution is 7.80. The van der Waals surface area contributed by atoms with E-state index in [1.165, 1.54) is 0 Å². The van der Waals surface area contributed by atoms with Gasteiger partial charge in [0.15, 0.2) is 5.11 Å². The molecule has 2 N–H and O–H groups in total. The zero-order valence-electron chi connectivity index (χ0n) is 12.0. The predicted octanol–water partition coefficient (Wildman–Crippen LogP) is 3.35. The van der Waals surface area contributed by atoms with E-state index >= 15 is 0 Å². The third-order valence-corrected chi connectivity index (χ3v) is 3.50. The van der Waals surface area contributed by atoms with Crippen LogP contribution in [0, 0.1) is 0 Å². The molecule has 0 saturated heterocycles. The highest BCUT2D eigenvalue weighted by Gasteiger charge is 2.00. The van der Waals surface area contributed by atoms with Gasteiger partial charge in [0, 0.05) is 17.6 Å². The average molecular weight is 334 g/mol. The van der Waals surface area contributed by atoms with Gasteiger partial charge < -0.3 is 10.1 Å². The Hall–Kier alpha value is -2.11. The molecular weight excluding hydrogens is 318 g/mol. The molecule has 114 valence electrons. The first-order chi connectivity index (χ1) is 10.7. The topological polar surface area (TPSA) is 45.7 Å². The van der Waals surface area contributed by atoms with Crippen LogP contribution in [0.1, 0.15) is 11.1 Å². The van der Waals surface area contributed by atoms with E-state index in [0.717, 1.165) is 16.9 Å². The molecule has 0 aromatic heterocycles. The Morgan fingerprint density at radius 2 is 1.95 bits per heavy atom. The van der Waals surface area contributed by atoms with E-state index in [9.17, 15) is 0 Å².